The molecule has 1 aromatic rings. The van der Waals surface area contributed by atoms with Crippen LogP contribution in [0, 0.1) is 13.8 Å². The van der Waals surface area contributed by atoms with Crippen LogP contribution in [0.3, 0.4) is 0 Å². The van der Waals surface area contributed by atoms with Gasteiger partial charge >= 0.3 is 5.97 Å². The Morgan fingerprint density at radius 2 is 2.00 bits per heavy atom. The predicted molar refractivity (Wildman–Crippen MR) is 68.1 cm³/mol. The van der Waals surface area contributed by atoms with E-state index in [-0.39, 0.29) is 18.0 Å². The number of nitrogens with one attached hydrogen (secondary N) is 1. The molecule has 17 heavy (non-hydrogen) atoms. The van der Waals surface area contributed by atoms with Gasteiger partial charge in [-0.1, -0.05) is 12.1 Å². The first-order chi connectivity index (χ1) is 7.97. The summed E-state index contributed by atoms with van der Waals surface area (Å²) in [5.74, 6) is -0.866. The molecule has 0 heterocycles. The average Bonchev–Trinajstić information content (AvgIpc) is 2.28. The van der Waals surface area contributed by atoms with Crippen molar-refractivity contribution in [3.05, 3.63) is 28.8 Å². The molecule has 1 aromatic carbocycles. The Morgan fingerprint density at radius 1 is 1.41 bits per heavy atom. The molecule has 0 aliphatic rings. The van der Waals surface area contributed by atoms with Gasteiger partial charge in [-0.2, -0.15) is 0 Å². The molecule has 0 bridgehead atoms. The summed E-state index contributed by atoms with van der Waals surface area (Å²) in [6, 6.07) is 3.61. The second-order valence-corrected chi connectivity index (χ2v) is 4.25. The highest BCUT2D eigenvalue weighted by Gasteiger charge is 2.15. The van der Waals surface area contributed by atoms with Gasteiger partial charge in [0.2, 0.25) is 0 Å². The second kappa shape index (κ2) is 5.89. The summed E-state index contributed by atoms with van der Waals surface area (Å²) >= 11 is 5.49. The molecule has 0 aromatic heterocycles. The standard InChI is InChI=1S/C12H16ClNO3/c1-7-3-4-8(2)11(10(7)12(16)17)14-6-9(15)5-13/h3-4,9,14-15H,5-6H2,1-2H3,(H,16,17). The van der Waals surface area contributed by atoms with E-state index in [9.17, 15) is 9.90 Å². The minimum atomic E-state index is -0.978. The highest BCUT2D eigenvalue weighted by atomic mass is 35.5. The first kappa shape index (κ1) is 13.8. The zero-order valence-corrected chi connectivity index (χ0v) is 10.6. The monoisotopic (exact) mass is 257 g/mol. The van der Waals surface area contributed by atoms with Gasteiger partial charge in [-0.3, -0.25) is 0 Å². The van der Waals surface area contributed by atoms with Gasteiger partial charge in [-0.15, -0.1) is 11.6 Å². The van der Waals surface area contributed by atoms with E-state index in [4.69, 9.17) is 16.7 Å². The Kier molecular flexibility index (Phi) is 4.78. The van der Waals surface area contributed by atoms with E-state index in [0.717, 1.165) is 5.56 Å². The Balaban J connectivity index is 3.04. The molecule has 0 aliphatic heterocycles. The lowest BCUT2D eigenvalue weighted by atomic mass is 10.0. The Morgan fingerprint density at radius 3 is 2.53 bits per heavy atom. The van der Waals surface area contributed by atoms with E-state index < -0.39 is 12.1 Å². The third kappa shape index (κ3) is 3.35. The molecule has 0 spiro atoms. The predicted octanol–water partition coefficient (Wildman–Crippen LogP) is 2.01. The van der Waals surface area contributed by atoms with Crippen LogP contribution in [0.1, 0.15) is 21.5 Å². The maximum atomic E-state index is 11.2. The number of halogens is 1. The van der Waals surface area contributed by atoms with Crippen molar-refractivity contribution in [3.8, 4) is 0 Å². The maximum Gasteiger partial charge on any atom is 0.338 e. The maximum absolute atomic E-state index is 11.2. The number of aryl methyl sites for hydroxylation is 2. The van der Waals surface area contributed by atoms with Gasteiger partial charge in [0.25, 0.3) is 0 Å². The summed E-state index contributed by atoms with van der Waals surface area (Å²) in [6.45, 7) is 3.79. The molecule has 3 N–H and O–H groups in total. The topological polar surface area (TPSA) is 69.6 Å². The number of hydrogen-bond donors (Lipinski definition) is 3. The average molecular weight is 258 g/mol. The Hall–Kier alpha value is -1.26. The Bertz CT molecular complexity index is 420. The molecule has 0 amide bonds. The third-order valence-electron chi connectivity index (χ3n) is 2.53. The highest BCUT2D eigenvalue weighted by Crippen LogP contribution is 2.24. The zero-order valence-electron chi connectivity index (χ0n) is 9.83. The number of aliphatic hydroxyl groups is 1. The fourth-order valence-corrected chi connectivity index (χ4v) is 1.70. The number of aromatic carboxylic acids is 1. The van der Waals surface area contributed by atoms with E-state index in [1.165, 1.54) is 0 Å². The van der Waals surface area contributed by atoms with E-state index in [1.807, 2.05) is 13.0 Å². The normalized spacial score (nSPS) is 12.2. The minimum absolute atomic E-state index is 0.111. The number of alkyl halides is 1. The first-order valence-electron chi connectivity index (χ1n) is 5.28. The molecule has 1 atom stereocenters. The number of hydrogen-bond acceptors (Lipinski definition) is 3. The van der Waals surface area contributed by atoms with Gasteiger partial charge in [0.15, 0.2) is 0 Å². The summed E-state index contributed by atoms with van der Waals surface area (Å²) in [7, 11) is 0. The SMILES string of the molecule is Cc1ccc(C)c(C(=O)O)c1NCC(O)CCl. The smallest absolute Gasteiger partial charge is 0.338 e. The molecule has 5 heteroatoms. The van der Waals surface area contributed by atoms with Crippen LogP contribution in [0.4, 0.5) is 5.69 Å². The largest absolute Gasteiger partial charge is 0.478 e. The molecule has 4 nitrogen and oxygen atoms in total. The van der Waals surface area contributed by atoms with Gasteiger partial charge in [-0.25, -0.2) is 4.79 Å². The molecule has 0 fully saturated rings. The summed E-state index contributed by atoms with van der Waals surface area (Å²) < 4.78 is 0. The van der Waals surface area contributed by atoms with E-state index in [0.29, 0.717) is 11.3 Å². The number of carboxylic acid groups (broad SMARTS) is 1. The van der Waals surface area contributed by atoms with Crippen molar-refractivity contribution in [2.75, 3.05) is 17.7 Å². The molecule has 0 radical (unpaired) electrons. The first-order valence-corrected chi connectivity index (χ1v) is 5.82. The second-order valence-electron chi connectivity index (χ2n) is 3.94. The van der Waals surface area contributed by atoms with Crippen LogP contribution in [-0.4, -0.2) is 34.7 Å². The van der Waals surface area contributed by atoms with Crippen LogP contribution in [0.15, 0.2) is 12.1 Å². The van der Waals surface area contributed by atoms with Crippen LogP contribution in [-0.2, 0) is 0 Å². The molecule has 94 valence electrons. The lowest BCUT2D eigenvalue weighted by molar-refractivity contribution is 0.0697. The summed E-state index contributed by atoms with van der Waals surface area (Å²) in [4.78, 5) is 11.2. The molecular weight excluding hydrogens is 242 g/mol. The molecule has 0 saturated carbocycles. The van der Waals surface area contributed by atoms with Crippen LogP contribution in [0.2, 0.25) is 0 Å². The quantitative estimate of drug-likeness (QED) is 0.706. The number of carboxylic acids is 1. The number of rotatable bonds is 5. The van der Waals surface area contributed by atoms with Crippen molar-refractivity contribution in [2.45, 2.75) is 20.0 Å². The van der Waals surface area contributed by atoms with Crippen molar-refractivity contribution in [1.82, 2.24) is 0 Å². The van der Waals surface area contributed by atoms with Gasteiger partial charge in [0.1, 0.15) is 0 Å². The molecule has 0 aliphatic carbocycles. The van der Waals surface area contributed by atoms with Crippen molar-refractivity contribution in [1.29, 1.82) is 0 Å². The highest BCUT2D eigenvalue weighted by molar-refractivity contribution is 6.18. The Labute approximate surface area is 105 Å². The molecule has 1 unspecified atom stereocenters. The van der Waals surface area contributed by atoms with E-state index >= 15 is 0 Å². The van der Waals surface area contributed by atoms with Crippen molar-refractivity contribution < 1.29 is 15.0 Å². The number of benzene rings is 1. The van der Waals surface area contributed by atoms with Crippen LogP contribution in [0.25, 0.3) is 0 Å². The van der Waals surface area contributed by atoms with Gasteiger partial charge in [0, 0.05) is 6.54 Å². The molecule has 1 rings (SSSR count). The van der Waals surface area contributed by atoms with Gasteiger partial charge in [0.05, 0.1) is 23.2 Å². The van der Waals surface area contributed by atoms with Crippen molar-refractivity contribution in [3.63, 3.8) is 0 Å². The summed E-state index contributed by atoms with van der Waals surface area (Å²) in [5, 5.41) is 21.5. The molecular formula is C12H16ClNO3. The lowest BCUT2D eigenvalue weighted by Gasteiger charge is -2.16. The lowest BCUT2D eigenvalue weighted by Crippen LogP contribution is -2.22. The van der Waals surface area contributed by atoms with E-state index in [2.05, 4.69) is 5.32 Å². The summed E-state index contributed by atoms with van der Waals surface area (Å²) in [6.07, 6.45) is -0.696. The minimum Gasteiger partial charge on any atom is -0.478 e. The van der Waals surface area contributed by atoms with E-state index in [1.54, 1.807) is 13.0 Å². The van der Waals surface area contributed by atoms with Crippen LogP contribution in [0.5, 0.6) is 0 Å². The van der Waals surface area contributed by atoms with Crippen molar-refractivity contribution in [2.24, 2.45) is 0 Å². The number of carbonyl (C=O) groups is 1. The fourth-order valence-electron chi connectivity index (χ4n) is 1.59. The number of anilines is 1. The fraction of sp³-hybridized carbons (Fsp3) is 0.417. The zero-order chi connectivity index (χ0) is 13.0. The van der Waals surface area contributed by atoms with Crippen molar-refractivity contribution >= 4 is 23.3 Å². The van der Waals surface area contributed by atoms with Gasteiger partial charge in [-0.05, 0) is 25.0 Å². The van der Waals surface area contributed by atoms with Gasteiger partial charge < -0.3 is 15.5 Å². The summed E-state index contributed by atoms with van der Waals surface area (Å²) in [5.41, 5.74) is 2.30. The van der Waals surface area contributed by atoms with Crippen LogP contribution >= 0.6 is 11.6 Å². The third-order valence-corrected chi connectivity index (χ3v) is 2.88. The number of aliphatic hydroxyl groups excluding tert-OH is 1. The molecule has 0 saturated heterocycles. The van der Waals surface area contributed by atoms with Crippen LogP contribution < -0.4 is 5.32 Å².